The van der Waals surface area contributed by atoms with Crippen LogP contribution in [0.1, 0.15) is 12.5 Å². The van der Waals surface area contributed by atoms with Gasteiger partial charge in [-0.25, -0.2) is 9.59 Å². The van der Waals surface area contributed by atoms with Crippen LogP contribution in [0.4, 0.5) is 0 Å². The highest BCUT2D eigenvalue weighted by Gasteiger charge is 2.02. The number of carboxylic acid groups (broad SMARTS) is 1. The van der Waals surface area contributed by atoms with Crippen LogP contribution in [0.15, 0.2) is 30.3 Å². The van der Waals surface area contributed by atoms with Crippen molar-refractivity contribution in [3.8, 4) is 5.75 Å². The molecule has 0 atom stereocenters. The van der Waals surface area contributed by atoms with E-state index in [9.17, 15) is 9.59 Å². The zero-order chi connectivity index (χ0) is 13.4. The molecule has 96 valence electrons. The van der Waals surface area contributed by atoms with Crippen LogP contribution in [0.5, 0.6) is 5.75 Å². The number of carbonyl (C=O) groups excluding carboxylic acids is 1. The number of hydrogen-bond acceptors (Lipinski definition) is 4. The van der Waals surface area contributed by atoms with Crippen LogP contribution < -0.4 is 4.74 Å². The van der Waals surface area contributed by atoms with E-state index >= 15 is 0 Å². The van der Waals surface area contributed by atoms with Crippen molar-refractivity contribution in [3.63, 3.8) is 0 Å². The van der Waals surface area contributed by atoms with Gasteiger partial charge < -0.3 is 14.6 Å². The number of esters is 1. The predicted molar refractivity (Wildman–Crippen MR) is 65.2 cm³/mol. The summed E-state index contributed by atoms with van der Waals surface area (Å²) in [6.07, 6.45) is 2.52. The predicted octanol–water partition coefficient (Wildman–Crippen LogP) is 1.73. The minimum atomic E-state index is -1.00. The summed E-state index contributed by atoms with van der Waals surface area (Å²) in [5, 5.41) is 8.46. The third kappa shape index (κ3) is 5.16. The Kier molecular flexibility index (Phi) is 5.44. The van der Waals surface area contributed by atoms with Crippen LogP contribution >= 0.6 is 0 Å². The van der Waals surface area contributed by atoms with Crippen molar-refractivity contribution in [1.82, 2.24) is 0 Å². The van der Waals surface area contributed by atoms with Gasteiger partial charge in [0.25, 0.3) is 0 Å². The van der Waals surface area contributed by atoms with E-state index in [1.807, 2.05) is 0 Å². The lowest BCUT2D eigenvalue weighted by Gasteiger charge is -2.05. The van der Waals surface area contributed by atoms with E-state index in [-0.39, 0.29) is 6.61 Å². The van der Waals surface area contributed by atoms with Crippen molar-refractivity contribution in [2.45, 2.75) is 6.92 Å². The highest BCUT2D eigenvalue weighted by Crippen LogP contribution is 2.13. The van der Waals surface area contributed by atoms with Gasteiger partial charge in [0.15, 0.2) is 6.61 Å². The molecule has 0 aliphatic carbocycles. The number of ether oxygens (including phenoxy) is 2. The average Bonchev–Trinajstić information content (AvgIpc) is 2.35. The van der Waals surface area contributed by atoms with E-state index in [1.54, 1.807) is 31.2 Å². The Bertz CT molecular complexity index is 433. The van der Waals surface area contributed by atoms with E-state index in [0.29, 0.717) is 12.4 Å². The molecule has 5 nitrogen and oxygen atoms in total. The molecule has 0 aliphatic rings. The Morgan fingerprint density at radius 2 is 1.94 bits per heavy atom. The third-order valence-corrected chi connectivity index (χ3v) is 1.96. The molecule has 5 heteroatoms. The summed E-state index contributed by atoms with van der Waals surface area (Å²) in [6.45, 7) is 1.90. The molecule has 0 unspecified atom stereocenters. The van der Waals surface area contributed by atoms with E-state index < -0.39 is 11.9 Å². The topological polar surface area (TPSA) is 72.8 Å². The molecular formula is C13H14O5. The molecular weight excluding hydrogens is 236 g/mol. The highest BCUT2D eigenvalue weighted by atomic mass is 16.6. The van der Waals surface area contributed by atoms with Gasteiger partial charge in [0.05, 0.1) is 6.61 Å². The van der Waals surface area contributed by atoms with Crippen LogP contribution in [0.2, 0.25) is 0 Å². The summed E-state index contributed by atoms with van der Waals surface area (Å²) in [5.74, 6) is -0.902. The van der Waals surface area contributed by atoms with Crippen LogP contribution in [0.3, 0.4) is 0 Å². The molecule has 0 radical (unpaired) electrons. The maximum absolute atomic E-state index is 11.0. The van der Waals surface area contributed by atoms with Gasteiger partial charge in [0, 0.05) is 6.08 Å². The second kappa shape index (κ2) is 7.11. The van der Waals surface area contributed by atoms with Gasteiger partial charge in [-0.05, 0) is 30.7 Å². The molecule has 1 aromatic rings. The monoisotopic (exact) mass is 250 g/mol. The molecule has 0 bridgehead atoms. The lowest BCUT2D eigenvalue weighted by molar-refractivity contribution is -0.145. The molecule has 0 amide bonds. The van der Waals surface area contributed by atoms with Crippen LogP contribution in [-0.2, 0) is 14.3 Å². The van der Waals surface area contributed by atoms with Crippen molar-refractivity contribution < 1.29 is 24.2 Å². The summed E-state index contributed by atoms with van der Waals surface area (Å²) >= 11 is 0. The Hall–Kier alpha value is -2.30. The smallest absolute Gasteiger partial charge is 0.344 e. The highest BCUT2D eigenvalue weighted by molar-refractivity contribution is 5.85. The van der Waals surface area contributed by atoms with Crippen LogP contribution in [-0.4, -0.2) is 30.3 Å². The Balaban J connectivity index is 2.50. The SMILES string of the molecule is CCOC(=O)COc1ccc(/C=C/C(=O)O)cc1. The summed E-state index contributed by atoms with van der Waals surface area (Å²) in [5.41, 5.74) is 0.737. The number of benzene rings is 1. The van der Waals surface area contributed by atoms with Gasteiger partial charge in [0.1, 0.15) is 5.75 Å². The van der Waals surface area contributed by atoms with Gasteiger partial charge in [0.2, 0.25) is 0 Å². The van der Waals surface area contributed by atoms with Gasteiger partial charge in [-0.3, -0.25) is 0 Å². The summed E-state index contributed by atoms with van der Waals surface area (Å²) < 4.78 is 9.90. The molecule has 0 aromatic heterocycles. The first-order valence-electron chi connectivity index (χ1n) is 5.41. The standard InChI is InChI=1S/C13H14O5/c1-2-17-13(16)9-18-11-6-3-10(4-7-11)5-8-12(14)15/h3-8H,2,9H2,1H3,(H,14,15)/b8-5+. The van der Waals surface area contributed by atoms with Crippen molar-refractivity contribution in [1.29, 1.82) is 0 Å². The second-order valence-electron chi connectivity index (χ2n) is 3.33. The maximum Gasteiger partial charge on any atom is 0.344 e. The average molecular weight is 250 g/mol. The molecule has 0 heterocycles. The summed E-state index contributed by atoms with van der Waals surface area (Å²) in [4.78, 5) is 21.4. The van der Waals surface area contributed by atoms with E-state index in [2.05, 4.69) is 0 Å². The van der Waals surface area contributed by atoms with Crippen molar-refractivity contribution in [3.05, 3.63) is 35.9 Å². The van der Waals surface area contributed by atoms with Crippen molar-refractivity contribution in [2.75, 3.05) is 13.2 Å². The van der Waals surface area contributed by atoms with Crippen LogP contribution in [0, 0.1) is 0 Å². The first kappa shape index (κ1) is 13.8. The Labute approximate surface area is 105 Å². The lowest BCUT2D eigenvalue weighted by atomic mass is 10.2. The molecule has 0 saturated carbocycles. The minimum absolute atomic E-state index is 0.141. The quantitative estimate of drug-likeness (QED) is 0.614. The lowest BCUT2D eigenvalue weighted by Crippen LogP contribution is -2.14. The number of hydrogen-bond donors (Lipinski definition) is 1. The molecule has 1 rings (SSSR count). The molecule has 1 N–H and O–H groups in total. The molecule has 0 fully saturated rings. The normalized spacial score (nSPS) is 10.3. The van der Waals surface area contributed by atoms with E-state index in [0.717, 1.165) is 11.6 Å². The summed E-state index contributed by atoms with van der Waals surface area (Å²) in [7, 11) is 0. The Morgan fingerprint density at radius 1 is 1.28 bits per heavy atom. The summed E-state index contributed by atoms with van der Waals surface area (Å²) in [6, 6.07) is 6.70. The molecule has 1 aromatic carbocycles. The minimum Gasteiger partial charge on any atom is -0.482 e. The Morgan fingerprint density at radius 3 is 2.50 bits per heavy atom. The number of carboxylic acids is 1. The van der Waals surface area contributed by atoms with Crippen molar-refractivity contribution >= 4 is 18.0 Å². The number of aliphatic carboxylic acids is 1. The third-order valence-electron chi connectivity index (χ3n) is 1.96. The fourth-order valence-electron chi connectivity index (χ4n) is 1.19. The van der Waals surface area contributed by atoms with E-state index in [1.165, 1.54) is 6.08 Å². The zero-order valence-electron chi connectivity index (χ0n) is 9.96. The second-order valence-corrected chi connectivity index (χ2v) is 3.33. The largest absolute Gasteiger partial charge is 0.482 e. The number of carbonyl (C=O) groups is 2. The van der Waals surface area contributed by atoms with Crippen LogP contribution in [0.25, 0.3) is 6.08 Å². The fraction of sp³-hybridized carbons (Fsp3) is 0.231. The molecule has 0 saturated heterocycles. The van der Waals surface area contributed by atoms with Gasteiger partial charge >= 0.3 is 11.9 Å². The maximum atomic E-state index is 11.0. The fourth-order valence-corrected chi connectivity index (χ4v) is 1.19. The zero-order valence-corrected chi connectivity index (χ0v) is 9.96. The van der Waals surface area contributed by atoms with Crippen molar-refractivity contribution in [2.24, 2.45) is 0 Å². The molecule has 18 heavy (non-hydrogen) atoms. The molecule has 0 aliphatic heterocycles. The van der Waals surface area contributed by atoms with E-state index in [4.69, 9.17) is 14.6 Å². The molecule has 0 spiro atoms. The first-order chi connectivity index (χ1) is 8.61. The van der Waals surface area contributed by atoms with Gasteiger partial charge in [-0.15, -0.1) is 0 Å². The number of rotatable bonds is 6. The van der Waals surface area contributed by atoms with Gasteiger partial charge in [-0.2, -0.15) is 0 Å². The van der Waals surface area contributed by atoms with Gasteiger partial charge in [-0.1, -0.05) is 12.1 Å². The first-order valence-corrected chi connectivity index (χ1v) is 5.41.